The largest absolute Gasteiger partial charge is 0.353 e. The van der Waals surface area contributed by atoms with Gasteiger partial charge in [0.25, 0.3) is 5.56 Å². The summed E-state index contributed by atoms with van der Waals surface area (Å²) in [7, 11) is 5.44. The highest BCUT2D eigenvalue weighted by Gasteiger charge is 2.46. The van der Waals surface area contributed by atoms with E-state index in [1.807, 2.05) is 18.2 Å². The topological polar surface area (TPSA) is 50.5 Å². The summed E-state index contributed by atoms with van der Waals surface area (Å²) in [5, 5.41) is 0. The summed E-state index contributed by atoms with van der Waals surface area (Å²) >= 11 is 0. The molecule has 4 rings (SSSR count). The zero-order valence-electron chi connectivity index (χ0n) is 15.8. The minimum Gasteiger partial charge on any atom is -0.353 e. The van der Waals surface area contributed by atoms with Crippen LogP contribution in [-0.4, -0.2) is 34.2 Å². The normalized spacial score (nSPS) is 25.2. The van der Waals surface area contributed by atoms with Crippen molar-refractivity contribution in [2.45, 2.75) is 19.5 Å². The summed E-state index contributed by atoms with van der Waals surface area (Å²) in [5.74, 6) is 1.68. The maximum atomic E-state index is 13.1. The molecule has 0 saturated carbocycles. The first-order valence-electron chi connectivity index (χ1n) is 9.19. The zero-order chi connectivity index (χ0) is 18.6. The van der Waals surface area contributed by atoms with E-state index in [-0.39, 0.29) is 17.3 Å². The Labute approximate surface area is 153 Å². The first kappa shape index (κ1) is 17.1. The Bertz CT molecular complexity index is 947. The van der Waals surface area contributed by atoms with Crippen LogP contribution in [0.3, 0.4) is 0 Å². The fraction of sp³-hybridized carbons (Fsp3) is 0.500. The summed E-state index contributed by atoms with van der Waals surface area (Å²) in [5.41, 5.74) is 1.54. The van der Waals surface area contributed by atoms with Gasteiger partial charge in [-0.3, -0.25) is 18.8 Å². The summed E-state index contributed by atoms with van der Waals surface area (Å²) in [6, 6.07) is 10.3. The molecule has 0 unspecified atom stereocenters. The van der Waals surface area contributed by atoms with Crippen molar-refractivity contribution in [3.8, 4) is 0 Å². The predicted octanol–water partition coefficient (Wildman–Crippen LogP) is 1.34. The van der Waals surface area contributed by atoms with Crippen LogP contribution in [0.2, 0.25) is 0 Å². The van der Waals surface area contributed by atoms with E-state index in [2.05, 4.69) is 35.9 Å². The Morgan fingerprint density at radius 1 is 1.00 bits per heavy atom. The number of fused-ring (bicyclic) bond motifs is 3. The third kappa shape index (κ3) is 2.43. The van der Waals surface area contributed by atoms with Gasteiger partial charge in [-0.2, -0.15) is 0 Å². The lowest BCUT2D eigenvalue weighted by atomic mass is 9.84. The fourth-order valence-electron chi connectivity index (χ4n) is 4.84. The molecule has 0 N–H and O–H groups in total. The first-order valence-corrected chi connectivity index (χ1v) is 9.19. The van der Waals surface area contributed by atoms with Crippen molar-refractivity contribution in [3.63, 3.8) is 0 Å². The molecule has 1 aromatic carbocycles. The van der Waals surface area contributed by atoms with Gasteiger partial charge in [-0.05, 0) is 18.5 Å². The van der Waals surface area contributed by atoms with Gasteiger partial charge in [0.1, 0.15) is 5.82 Å². The van der Waals surface area contributed by atoms with Crippen molar-refractivity contribution >= 4 is 5.82 Å². The lowest BCUT2D eigenvalue weighted by molar-refractivity contribution is 0.259. The van der Waals surface area contributed by atoms with Gasteiger partial charge in [-0.1, -0.05) is 37.3 Å². The quantitative estimate of drug-likeness (QED) is 0.817. The molecule has 0 aliphatic carbocycles. The van der Waals surface area contributed by atoms with Crippen LogP contribution in [0.25, 0.3) is 0 Å². The van der Waals surface area contributed by atoms with Crippen LogP contribution >= 0.6 is 0 Å². The molecule has 26 heavy (non-hydrogen) atoms. The van der Waals surface area contributed by atoms with E-state index < -0.39 is 0 Å². The van der Waals surface area contributed by atoms with Crippen LogP contribution in [-0.2, 0) is 20.6 Å². The van der Waals surface area contributed by atoms with Gasteiger partial charge in [-0.25, -0.2) is 4.79 Å². The molecule has 1 aromatic heterocycles. The van der Waals surface area contributed by atoms with Gasteiger partial charge >= 0.3 is 5.69 Å². The Kier molecular flexibility index (Phi) is 4.03. The standard InChI is InChI=1S/C20H26N4O2/c1-13-10-21(2)17-15(13)12-24(11-14-8-6-5-7-9-14)18-16(17)19(25)23(4)20(26)22(18)3/h5-9,13,15,17H,10-12H2,1-4H3/t13-,15+,17-/m1/s1. The number of anilines is 1. The van der Waals surface area contributed by atoms with Crippen molar-refractivity contribution in [2.75, 3.05) is 25.0 Å². The molecule has 138 valence electrons. The van der Waals surface area contributed by atoms with Crippen molar-refractivity contribution in [2.24, 2.45) is 25.9 Å². The average molecular weight is 354 g/mol. The zero-order valence-corrected chi connectivity index (χ0v) is 15.8. The van der Waals surface area contributed by atoms with Crippen LogP contribution in [0.4, 0.5) is 5.82 Å². The Hall–Kier alpha value is -2.34. The van der Waals surface area contributed by atoms with Gasteiger partial charge in [-0.15, -0.1) is 0 Å². The van der Waals surface area contributed by atoms with E-state index in [9.17, 15) is 9.59 Å². The van der Waals surface area contributed by atoms with Gasteiger partial charge in [0.2, 0.25) is 0 Å². The second kappa shape index (κ2) is 6.13. The third-order valence-corrected chi connectivity index (χ3v) is 6.10. The highest BCUT2D eigenvalue weighted by atomic mass is 16.2. The van der Waals surface area contributed by atoms with Gasteiger partial charge < -0.3 is 4.90 Å². The second-order valence-electron chi connectivity index (χ2n) is 7.83. The van der Waals surface area contributed by atoms with E-state index in [0.717, 1.165) is 24.5 Å². The van der Waals surface area contributed by atoms with Crippen molar-refractivity contribution in [3.05, 3.63) is 62.3 Å². The minimum absolute atomic E-state index is 0.0810. The summed E-state index contributed by atoms with van der Waals surface area (Å²) < 4.78 is 2.89. The Morgan fingerprint density at radius 3 is 2.38 bits per heavy atom. The van der Waals surface area contributed by atoms with Crippen molar-refractivity contribution in [1.82, 2.24) is 14.0 Å². The van der Waals surface area contributed by atoms with Gasteiger partial charge in [0.15, 0.2) is 0 Å². The molecule has 3 heterocycles. The molecule has 6 heteroatoms. The Morgan fingerprint density at radius 2 is 1.69 bits per heavy atom. The molecular formula is C20H26N4O2. The van der Waals surface area contributed by atoms with E-state index in [1.54, 1.807) is 18.7 Å². The van der Waals surface area contributed by atoms with Crippen LogP contribution in [0.15, 0.2) is 39.9 Å². The molecule has 1 fully saturated rings. The SMILES string of the molecule is C[C@@H]1CN(C)[C@H]2c3c(n(C)c(=O)n(C)c3=O)N(Cc3ccccc3)C[C@@H]12. The molecular weight excluding hydrogens is 328 g/mol. The van der Waals surface area contributed by atoms with E-state index in [4.69, 9.17) is 0 Å². The smallest absolute Gasteiger partial charge is 0.332 e. The number of benzene rings is 1. The molecule has 0 radical (unpaired) electrons. The van der Waals surface area contributed by atoms with Gasteiger partial charge in [0.05, 0.1) is 5.56 Å². The lowest BCUT2D eigenvalue weighted by Gasteiger charge is -2.41. The molecule has 0 amide bonds. The van der Waals surface area contributed by atoms with E-state index in [0.29, 0.717) is 18.4 Å². The van der Waals surface area contributed by atoms with Crippen LogP contribution in [0.5, 0.6) is 0 Å². The van der Waals surface area contributed by atoms with Crippen LogP contribution < -0.4 is 16.1 Å². The summed E-state index contributed by atoms with van der Waals surface area (Å²) in [6.07, 6.45) is 0. The molecule has 1 saturated heterocycles. The van der Waals surface area contributed by atoms with E-state index in [1.165, 1.54) is 10.1 Å². The average Bonchev–Trinajstić information content (AvgIpc) is 2.92. The van der Waals surface area contributed by atoms with Crippen molar-refractivity contribution in [1.29, 1.82) is 0 Å². The number of aromatic nitrogens is 2. The minimum atomic E-state index is -0.265. The van der Waals surface area contributed by atoms with Gasteiger partial charge in [0, 0.05) is 45.7 Å². The molecule has 2 aliphatic heterocycles. The summed E-state index contributed by atoms with van der Waals surface area (Å²) in [4.78, 5) is 30.2. The highest BCUT2D eigenvalue weighted by molar-refractivity contribution is 5.52. The van der Waals surface area contributed by atoms with Crippen molar-refractivity contribution < 1.29 is 0 Å². The number of rotatable bonds is 2. The number of hydrogen-bond donors (Lipinski definition) is 0. The number of hydrogen-bond acceptors (Lipinski definition) is 4. The number of nitrogens with zero attached hydrogens (tertiary/aromatic N) is 4. The molecule has 2 aliphatic rings. The molecule has 0 spiro atoms. The fourth-order valence-corrected chi connectivity index (χ4v) is 4.84. The lowest BCUT2D eigenvalue weighted by Crippen LogP contribution is -2.50. The maximum absolute atomic E-state index is 13.1. The van der Waals surface area contributed by atoms with E-state index >= 15 is 0 Å². The predicted molar refractivity (Wildman–Crippen MR) is 102 cm³/mol. The highest BCUT2D eigenvalue weighted by Crippen LogP contribution is 2.45. The molecule has 2 aromatic rings. The molecule has 6 nitrogen and oxygen atoms in total. The summed E-state index contributed by atoms with van der Waals surface area (Å²) in [6.45, 7) is 4.80. The van der Waals surface area contributed by atoms with Crippen LogP contribution in [0, 0.1) is 11.8 Å². The molecule has 0 bridgehead atoms. The molecule has 3 atom stereocenters. The Balaban J connectivity index is 1.92. The third-order valence-electron chi connectivity index (χ3n) is 6.10. The monoisotopic (exact) mass is 354 g/mol. The van der Waals surface area contributed by atoms with Crippen LogP contribution in [0.1, 0.15) is 24.1 Å². The first-order chi connectivity index (χ1) is 12.4. The maximum Gasteiger partial charge on any atom is 0.332 e. The number of likely N-dealkylation sites (tertiary alicyclic amines) is 1. The second-order valence-corrected chi connectivity index (χ2v) is 7.83.